The monoisotopic (exact) mass is 430 g/mol. The highest BCUT2D eigenvalue weighted by Crippen LogP contribution is 2.34. The molecule has 5 rings (SSSR count). The molecule has 1 aromatic heterocycles. The van der Waals surface area contributed by atoms with E-state index in [0.29, 0.717) is 11.5 Å². The molecule has 5 heteroatoms. The number of nitrogens with two attached hydrogens (primary N) is 1. The highest BCUT2D eigenvalue weighted by atomic mass is 16.1. The highest BCUT2D eigenvalue weighted by molar-refractivity contribution is 6.02. The zero-order valence-electron chi connectivity index (χ0n) is 18.1. The minimum absolute atomic E-state index is 0.461. The molecule has 0 aliphatic heterocycles. The number of fused-ring (bicyclic) bond motifs is 1. The van der Waals surface area contributed by atoms with Gasteiger partial charge in [-0.3, -0.25) is 4.79 Å². The molecule has 0 saturated carbocycles. The smallest absolute Gasteiger partial charge is 0.249 e. The Morgan fingerprint density at radius 1 is 0.758 bits per heavy atom. The first kappa shape index (κ1) is 20.4. The zero-order chi connectivity index (χ0) is 22.8. The molecule has 0 unspecified atom stereocenters. The van der Waals surface area contributed by atoms with E-state index in [0.717, 1.165) is 44.5 Å². The van der Waals surface area contributed by atoms with Crippen molar-refractivity contribution in [1.29, 1.82) is 0 Å². The maximum Gasteiger partial charge on any atom is 0.249 e. The highest BCUT2D eigenvalue weighted by Gasteiger charge is 2.17. The predicted molar refractivity (Wildman–Crippen MR) is 133 cm³/mol. The van der Waals surface area contributed by atoms with E-state index >= 15 is 0 Å². The maximum absolute atomic E-state index is 12.1. The lowest BCUT2D eigenvalue weighted by Gasteiger charge is -2.17. The Hall–Kier alpha value is -4.51. The topological polar surface area (TPSA) is 80.9 Å². The summed E-state index contributed by atoms with van der Waals surface area (Å²) in [5.74, 6) is 0.0262. The van der Waals surface area contributed by atoms with Gasteiger partial charge in [0.25, 0.3) is 0 Å². The van der Waals surface area contributed by atoms with Crippen molar-refractivity contribution in [1.82, 2.24) is 9.97 Å². The molecule has 1 heterocycles. The summed E-state index contributed by atoms with van der Waals surface area (Å²) >= 11 is 0. The second kappa shape index (κ2) is 8.55. The van der Waals surface area contributed by atoms with Gasteiger partial charge in [-0.15, -0.1) is 0 Å². The maximum atomic E-state index is 12.1. The number of para-hydroxylation sites is 1. The number of hydrogen-bond acceptors (Lipinski definition) is 4. The molecule has 0 aliphatic carbocycles. The van der Waals surface area contributed by atoms with Crippen molar-refractivity contribution in [3.63, 3.8) is 0 Å². The van der Waals surface area contributed by atoms with Gasteiger partial charge < -0.3 is 11.1 Å². The van der Waals surface area contributed by atoms with Crippen LogP contribution in [0.25, 0.3) is 33.3 Å². The lowest BCUT2D eigenvalue weighted by Crippen LogP contribution is -2.14. The lowest BCUT2D eigenvalue weighted by atomic mass is 9.93. The molecule has 5 nitrogen and oxygen atoms in total. The number of nitrogens with zero attached hydrogens (tertiary/aromatic N) is 2. The third-order valence-corrected chi connectivity index (χ3v) is 5.69. The van der Waals surface area contributed by atoms with Crippen LogP contribution in [0.2, 0.25) is 0 Å². The molecule has 4 aromatic carbocycles. The number of hydrogen-bond donors (Lipinski definition) is 2. The van der Waals surface area contributed by atoms with E-state index in [1.54, 1.807) is 6.07 Å². The summed E-state index contributed by atoms with van der Waals surface area (Å²) in [6, 6.07) is 31.4. The first-order chi connectivity index (χ1) is 16.1. The molecular formula is C28H22N4O. The number of benzene rings is 4. The fourth-order valence-electron chi connectivity index (χ4n) is 4.10. The standard InChI is InChI=1S/C28H22N4O/c1-18-23(17-16-22(27(29)33)25(18)19-10-4-2-5-11-19)30-28-31-24-15-9-8-14-21(24)26(32-28)20-12-6-3-7-13-20/h2-17H,1H3,(H2,29,33)(H,30,31,32). The van der Waals surface area contributed by atoms with Gasteiger partial charge in [0.05, 0.1) is 11.2 Å². The number of rotatable bonds is 5. The second-order valence-corrected chi connectivity index (χ2v) is 7.79. The third kappa shape index (κ3) is 3.92. The largest absolute Gasteiger partial charge is 0.366 e. The molecule has 0 saturated heterocycles. The van der Waals surface area contributed by atoms with Crippen LogP contribution in [0, 0.1) is 6.92 Å². The summed E-state index contributed by atoms with van der Waals surface area (Å²) < 4.78 is 0. The summed E-state index contributed by atoms with van der Waals surface area (Å²) in [7, 11) is 0. The van der Waals surface area contributed by atoms with Crippen LogP contribution in [0.5, 0.6) is 0 Å². The van der Waals surface area contributed by atoms with Gasteiger partial charge in [0, 0.05) is 22.2 Å². The average molecular weight is 431 g/mol. The summed E-state index contributed by atoms with van der Waals surface area (Å²) in [6.45, 7) is 1.97. The number of carbonyl (C=O) groups excluding carboxylic acids is 1. The van der Waals surface area contributed by atoms with Gasteiger partial charge in [-0.25, -0.2) is 9.97 Å². The van der Waals surface area contributed by atoms with Crippen LogP contribution >= 0.6 is 0 Å². The Kier molecular flexibility index (Phi) is 5.29. The van der Waals surface area contributed by atoms with Gasteiger partial charge in [-0.05, 0) is 41.8 Å². The van der Waals surface area contributed by atoms with Gasteiger partial charge in [0.2, 0.25) is 11.9 Å². The third-order valence-electron chi connectivity index (χ3n) is 5.69. The van der Waals surface area contributed by atoms with Crippen molar-refractivity contribution in [3.05, 3.63) is 108 Å². The summed E-state index contributed by atoms with van der Waals surface area (Å²) in [5.41, 5.74) is 12.3. The number of nitrogens with one attached hydrogen (secondary N) is 1. The Morgan fingerprint density at radius 3 is 2.09 bits per heavy atom. The average Bonchev–Trinajstić information content (AvgIpc) is 2.85. The quantitative estimate of drug-likeness (QED) is 0.352. The first-order valence-corrected chi connectivity index (χ1v) is 10.7. The Labute approximate surface area is 192 Å². The molecule has 0 radical (unpaired) electrons. The van der Waals surface area contributed by atoms with Gasteiger partial charge >= 0.3 is 0 Å². The van der Waals surface area contributed by atoms with Crippen LogP contribution in [-0.2, 0) is 0 Å². The molecule has 0 fully saturated rings. The van der Waals surface area contributed by atoms with E-state index in [1.807, 2.05) is 97.9 Å². The molecule has 0 aliphatic rings. The minimum Gasteiger partial charge on any atom is -0.366 e. The number of anilines is 2. The van der Waals surface area contributed by atoms with Crippen molar-refractivity contribution >= 4 is 28.4 Å². The Balaban J connectivity index is 1.65. The molecule has 5 aromatic rings. The predicted octanol–water partition coefficient (Wildman–Crippen LogP) is 6.11. The van der Waals surface area contributed by atoms with Crippen molar-refractivity contribution in [3.8, 4) is 22.4 Å². The summed E-state index contributed by atoms with van der Waals surface area (Å²) in [6.07, 6.45) is 0. The summed E-state index contributed by atoms with van der Waals surface area (Å²) in [5, 5.41) is 4.36. The molecule has 0 spiro atoms. The van der Waals surface area contributed by atoms with E-state index in [1.165, 1.54) is 0 Å². The molecule has 33 heavy (non-hydrogen) atoms. The van der Waals surface area contributed by atoms with E-state index < -0.39 is 5.91 Å². The van der Waals surface area contributed by atoms with Gasteiger partial charge in [-0.1, -0.05) is 78.9 Å². The summed E-state index contributed by atoms with van der Waals surface area (Å²) in [4.78, 5) is 21.7. The van der Waals surface area contributed by atoms with Crippen molar-refractivity contribution in [2.75, 3.05) is 5.32 Å². The number of primary amides is 1. The van der Waals surface area contributed by atoms with Crippen LogP contribution in [0.15, 0.2) is 97.1 Å². The van der Waals surface area contributed by atoms with Crippen molar-refractivity contribution in [2.24, 2.45) is 5.73 Å². The molecule has 0 atom stereocenters. The van der Waals surface area contributed by atoms with Crippen molar-refractivity contribution < 1.29 is 4.79 Å². The normalized spacial score (nSPS) is 10.8. The van der Waals surface area contributed by atoms with E-state index in [4.69, 9.17) is 15.7 Å². The van der Waals surface area contributed by atoms with Gasteiger partial charge in [0.15, 0.2) is 0 Å². The molecule has 1 amide bonds. The van der Waals surface area contributed by atoms with Crippen LogP contribution in [-0.4, -0.2) is 15.9 Å². The van der Waals surface area contributed by atoms with Gasteiger partial charge in [0.1, 0.15) is 0 Å². The van der Waals surface area contributed by atoms with Crippen LogP contribution < -0.4 is 11.1 Å². The van der Waals surface area contributed by atoms with Crippen LogP contribution in [0.4, 0.5) is 11.6 Å². The first-order valence-electron chi connectivity index (χ1n) is 10.7. The molecule has 160 valence electrons. The Bertz CT molecular complexity index is 1460. The van der Waals surface area contributed by atoms with E-state index in [-0.39, 0.29) is 0 Å². The number of carbonyl (C=O) groups is 1. The van der Waals surface area contributed by atoms with Gasteiger partial charge in [-0.2, -0.15) is 0 Å². The Morgan fingerprint density at radius 2 is 1.39 bits per heavy atom. The zero-order valence-corrected chi connectivity index (χ0v) is 18.1. The SMILES string of the molecule is Cc1c(Nc2nc(-c3ccccc3)c3ccccc3n2)ccc(C(N)=O)c1-c1ccccc1. The van der Waals surface area contributed by atoms with Crippen molar-refractivity contribution in [2.45, 2.75) is 6.92 Å². The fraction of sp³-hybridized carbons (Fsp3) is 0.0357. The lowest BCUT2D eigenvalue weighted by molar-refractivity contribution is 0.100. The second-order valence-electron chi connectivity index (χ2n) is 7.79. The van der Waals surface area contributed by atoms with Crippen LogP contribution in [0.3, 0.4) is 0 Å². The van der Waals surface area contributed by atoms with E-state index in [9.17, 15) is 4.79 Å². The number of amides is 1. The molecule has 3 N–H and O–H groups in total. The minimum atomic E-state index is -0.461. The van der Waals surface area contributed by atoms with Crippen LogP contribution in [0.1, 0.15) is 15.9 Å². The fourth-order valence-corrected chi connectivity index (χ4v) is 4.10. The number of aromatic nitrogens is 2. The van der Waals surface area contributed by atoms with E-state index in [2.05, 4.69) is 5.32 Å². The molecule has 0 bridgehead atoms. The molecular weight excluding hydrogens is 408 g/mol.